The van der Waals surface area contributed by atoms with Crippen LogP contribution in [0.25, 0.3) is 0 Å². The molecule has 188 valence electrons. The Kier molecular flexibility index (Phi) is 7.52. The van der Waals surface area contributed by atoms with Crippen molar-refractivity contribution in [1.82, 2.24) is 10.3 Å². The van der Waals surface area contributed by atoms with Gasteiger partial charge in [-0.2, -0.15) is 0 Å². The molecule has 0 saturated carbocycles. The van der Waals surface area contributed by atoms with Gasteiger partial charge in [-0.05, 0) is 56.5 Å². The molecule has 0 spiro atoms. The predicted octanol–water partition coefficient (Wildman–Crippen LogP) is 3.80. The number of carbonyl (C=O) groups is 3. The highest BCUT2D eigenvalue weighted by molar-refractivity contribution is 6.13. The highest BCUT2D eigenvalue weighted by Crippen LogP contribution is 2.48. The number of ketones is 1. The monoisotopic (exact) mass is 490 g/mol. The highest BCUT2D eigenvalue weighted by Gasteiger charge is 2.49. The predicted molar refractivity (Wildman–Crippen MR) is 132 cm³/mol. The molecule has 1 aliphatic heterocycles. The molecular formula is C28H30N2O6. The Morgan fingerprint density at radius 1 is 1.06 bits per heavy atom. The number of allylic oxidation sites excluding steroid dienone is 3. The fraction of sp³-hybridized carbons (Fsp3) is 0.357. The van der Waals surface area contributed by atoms with E-state index in [0.717, 1.165) is 5.56 Å². The average Bonchev–Trinajstić information content (AvgIpc) is 2.88. The molecule has 8 nitrogen and oxygen atoms in total. The van der Waals surface area contributed by atoms with E-state index < -0.39 is 29.7 Å². The molecule has 0 unspecified atom stereocenters. The molecular weight excluding hydrogens is 460 g/mol. The summed E-state index contributed by atoms with van der Waals surface area (Å²) in [7, 11) is 1.58. The zero-order valence-electron chi connectivity index (χ0n) is 20.9. The summed E-state index contributed by atoms with van der Waals surface area (Å²) in [5.41, 5.74) is 3.50. The number of hydrogen-bond acceptors (Lipinski definition) is 8. The summed E-state index contributed by atoms with van der Waals surface area (Å²) in [6, 6.07) is 10.9. The first-order valence-electron chi connectivity index (χ1n) is 12.0. The molecule has 2 aliphatic rings. The van der Waals surface area contributed by atoms with Crippen molar-refractivity contribution >= 4 is 17.7 Å². The Morgan fingerprint density at radius 2 is 1.78 bits per heavy atom. The molecule has 0 amide bonds. The number of pyridine rings is 1. The molecule has 1 aromatic carbocycles. The maximum absolute atomic E-state index is 14.2. The van der Waals surface area contributed by atoms with Gasteiger partial charge in [-0.15, -0.1) is 0 Å². The minimum absolute atomic E-state index is 0.154. The van der Waals surface area contributed by atoms with Crippen molar-refractivity contribution in [3.8, 4) is 5.75 Å². The number of ether oxygens (including phenoxy) is 3. The SMILES string of the molecule is CCOC(=O)C1=C(C)NC2=C(C(=O)[C@H](C(=O)OCC)[C@H](c3ccc(OC)cc3)C2)[C@H]1c1cccnc1. The minimum Gasteiger partial charge on any atom is -0.497 e. The third-order valence-electron chi connectivity index (χ3n) is 6.62. The van der Waals surface area contributed by atoms with Crippen LogP contribution in [0.1, 0.15) is 50.2 Å². The number of carbonyl (C=O) groups excluding carboxylic acids is 3. The van der Waals surface area contributed by atoms with E-state index in [1.807, 2.05) is 30.3 Å². The standard InChI is InChI=1S/C28H30N2O6/c1-5-35-27(32)22-16(3)30-21-14-20(17-9-11-19(34-4)12-10-17)24(28(33)36-6-2)26(31)25(21)23(22)18-8-7-13-29-15-18/h7-13,15,20,23-24,30H,5-6,14H2,1-4H3/t20-,23-,24+/m0/s1. The van der Waals surface area contributed by atoms with Gasteiger partial charge >= 0.3 is 11.9 Å². The number of aromatic nitrogens is 1. The first kappa shape index (κ1) is 25.2. The van der Waals surface area contributed by atoms with Crippen LogP contribution in [0.15, 0.2) is 71.3 Å². The van der Waals surface area contributed by atoms with Gasteiger partial charge in [0, 0.05) is 41.2 Å². The second-order valence-electron chi connectivity index (χ2n) is 8.67. The molecule has 1 aromatic heterocycles. The van der Waals surface area contributed by atoms with Gasteiger partial charge in [-0.1, -0.05) is 18.2 Å². The van der Waals surface area contributed by atoms with Gasteiger partial charge in [0.15, 0.2) is 5.78 Å². The molecule has 0 saturated heterocycles. The van der Waals surface area contributed by atoms with Crippen LogP contribution < -0.4 is 10.1 Å². The number of rotatable bonds is 7. The van der Waals surface area contributed by atoms with E-state index in [4.69, 9.17) is 14.2 Å². The number of hydrogen-bond donors (Lipinski definition) is 1. The van der Waals surface area contributed by atoms with E-state index in [1.54, 1.807) is 46.3 Å². The van der Waals surface area contributed by atoms with E-state index in [1.165, 1.54) is 0 Å². The van der Waals surface area contributed by atoms with Crippen LogP contribution in [0, 0.1) is 5.92 Å². The van der Waals surface area contributed by atoms with Crippen molar-refractivity contribution in [3.63, 3.8) is 0 Å². The summed E-state index contributed by atoms with van der Waals surface area (Å²) in [4.78, 5) is 44.6. The fourth-order valence-electron chi connectivity index (χ4n) is 5.06. The third-order valence-corrected chi connectivity index (χ3v) is 6.62. The lowest BCUT2D eigenvalue weighted by atomic mass is 9.67. The van der Waals surface area contributed by atoms with Crippen molar-refractivity contribution < 1.29 is 28.6 Å². The number of esters is 2. The number of methoxy groups -OCH3 is 1. The molecule has 1 aliphatic carbocycles. The number of dihydropyridines is 1. The molecule has 1 N–H and O–H groups in total. The maximum atomic E-state index is 14.2. The number of nitrogens with zero attached hydrogens (tertiary/aromatic N) is 1. The molecule has 4 rings (SSSR count). The zero-order chi connectivity index (χ0) is 25.8. The Balaban J connectivity index is 1.87. The van der Waals surface area contributed by atoms with Crippen LogP contribution in [-0.4, -0.2) is 43.0 Å². The average molecular weight is 491 g/mol. The smallest absolute Gasteiger partial charge is 0.336 e. The molecule has 0 bridgehead atoms. The molecule has 3 atom stereocenters. The van der Waals surface area contributed by atoms with Gasteiger partial charge in [0.1, 0.15) is 11.7 Å². The maximum Gasteiger partial charge on any atom is 0.336 e. The van der Waals surface area contributed by atoms with Gasteiger partial charge in [0.2, 0.25) is 0 Å². The molecule has 2 aromatic rings. The Morgan fingerprint density at radius 3 is 2.39 bits per heavy atom. The summed E-state index contributed by atoms with van der Waals surface area (Å²) in [5, 5.41) is 3.29. The van der Waals surface area contributed by atoms with E-state index in [9.17, 15) is 14.4 Å². The second-order valence-corrected chi connectivity index (χ2v) is 8.67. The van der Waals surface area contributed by atoms with Crippen LogP contribution in [0.3, 0.4) is 0 Å². The summed E-state index contributed by atoms with van der Waals surface area (Å²) in [6.45, 7) is 5.59. The Hall–Kier alpha value is -3.94. The van der Waals surface area contributed by atoms with Crippen LogP contribution >= 0.6 is 0 Å². The van der Waals surface area contributed by atoms with Crippen molar-refractivity contribution in [3.05, 3.63) is 82.5 Å². The topological polar surface area (TPSA) is 104 Å². The summed E-state index contributed by atoms with van der Waals surface area (Å²) in [6.07, 6.45) is 3.65. The normalized spacial score (nSPS) is 21.4. The lowest BCUT2D eigenvalue weighted by Crippen LogP contribution is -2.43. The van der Waals surface area contributed by atoms with Crippen LogP contribution in [0.4, 0.5) is 0 Å². The van der Waals surface area contributed by atoms with Crippen molar-refractivity contribution in [2.75, 3.05) is 20.3 Å². The van der Waals surface area contributed by atoms with Gasteiger partial charge in [-0.25, -0.2) is 4.79 Å². The lowest BCUT2D eigenvalue weighted by molar-refractivity contribution is -0.152. The molecule has 0 radical (unpaired) electrons. The van der Waals surface area contributed by atoms with Crippen molar-refractivity contribution in [1.29, 1.82) is 0 Å². The zero-order valence-corrected chi connectivity index (χ0v) is 20.9. The Bertz CT molecular complexity index is 1220. The molecule has 36 heavy (non-hydrogen) atoms. The van der Waals surface area contributed by atoms with Crippen LogP contribution in [0.2, 0.25) is 0 Å². The van der Waals surface area contributed by atoms with E-state index in [2.05, 4.69) is 10.3 Å². The fourth-order valence-corrected chi connectivity index (χ4v) is 5.06. The van der Waals surface area contributed by atoms with E-state index >= 15 is 0 Å². The molecule has 0 fully saturated rings. The quantitative estimate of drug-likeness (QED) is 0.462. The third kappa shape index (κ3) is 4.63. The van der Waals surface area contributed by atoms with E-state index in [0.29, 0.717) is 40.3 Å². The number of benzene rings is 1. The van der Waals surface area contributed by atoms with Crippen molar-refractivity contribution in [2.24, 2.45) is 5.92 Å². The van der Waals surface area contributed by atoms with Gasteiger partial charge < -0.3 is 19.5 Å². The lowest BCUT2D eigenvalue weighted by Gasteiger charge is -2.39. The van der Waals surface area contributed by atoms with E-state index in [-0.39, 0.29) is 19.0 Å². The van der Waals surface area contributed by atoms with Gasteiger partial charge in [-0.3, -0.25) is 14.6 Å². The Labute approximate surface area is 210 Å². The molecule has 2 heterocycles. The second kappa shape index (κ2) is 10.8. The highest BCUT2D eigenvalue weighted by atomic mass is 16.5. The first-order valence-corrected chi connectivity index (χ1v) is 12.0. The summed E-state index contributed by atoms with van der Waals surface area (Å²) < 4.78 is 16.0. The van der Waals surface area contributed by atoms with Crippen molar-refractivity contribution in [2.45, 2.75) is 39.0 Å². The number of Topliss-reactive ketones (excluding diaryl/α,β-unsaturated/α-hetero) is 1. The summed E-state index contributed by atoms with van der Waals surface area (Å²) in [5.74, 6) is -3.00. The molecule has 8 heteroatoms. The first-order chi connectivity index (χ1) is 17.4. The van der Waals surface area contributed by atoms with Gasteiger partial charge in [0.25, 0.3) is 0 Å². The largest absolute Gasteiger partial charge is 0.497 e. The number of nitrogens with one attached hydrogen (secondary N) is 1. The van der Waals surface area contributed by atoms with Crippen LogP contribution in [-0.2, 0) is 23.9 Å². The van der Waals surface area contributed by atoms with Crippen LogP contribution in [0.5, 0.6) is 5.75 Å². The van der Waals surface area contributed by atoms with Gasteiger partial charge in [0.05, 0.1) is 25.9 Å². The summed E-state index contributed by atoms with van der Waals surface area (Å²) >= 11 is 0. The minimum atomic E-state index is -1.06.